The molecular weight excluding hydrogens is 464 g/mol. The fourth-order valence-electron chi connectivity index (χ4n) is 4.27. The van der Waals surface area contributed by atoms with E-state index in [2.05, 4.69) is 0 Å². The third kappa shape index (κ3) is 4.12. The zero-order valence-electron chi connectivity index (χ0n) is 17.8. The maximum absolute atomic E-state index is 14.3. The summed E-state index contributed by atoms with van der Waals surface area (Å²) in [4.78, 5) is 14.9. The Morgan fingerprint density at radius 3 is 2.58 bits per heavy atom. The first-order valence-corrected chi connectivity index (χ1v) is 11.3. The molecule has 1 aliphatic rings. The Morgan fingerprint density at radius 1 is 1.03 bits per heavy atom. The molecule has 0 saturated heterocycles. The van der Waals surface area contributed by atoms with Crippen molar-refractivity contribution in [1.82, 2.24) is 4.90 Å². The monoisotopic (exact) mass is 483 g/mol. The Morgan fingerprint density at radius 2 is 1.82 bits per heavy atom. The van der Waals surface area contributed by atoms with Crippen LogP contribution in [0.4, 0.5) is 4.39 Å². The fraction of sp³-hybridized carbons (Fsp3) is 0.192. The molecule has 168 valence electrons. The average molecular weight is 484 g/mol. The summed E-state index contributed by atoms with van der Waals surface area (Å²) in [5.41, 5.74) is 3.55. The number of rotatable bonds is 4. The van der Waals surface area contributed by atoms with E-state index in [4.69, 9.17) is 32.4 Å². The van der Waals surface area contributed by atoms with Crippen LogP contribution in [0.25, 0.3) is 11.0 Å². The molecule has 0 spiro atoms. The lowest BCUT2D eigenvalue weighted by molar-refractivity contribution is 0.0881. The quantitative estimate of drug-likeness (QED) is 0.311. The summed E-state index contributed by atoms with van der Waals surface area (Å²) in [5, 5.41) is 1.56. The van der Waals surface area contributed by atoms with Crippen LogP contribution in [0.5, 0.6) is 5.75 Å². The van der Waals surface area contributed by atoms with E-state index < -0.39 is 0 Å². The van der Waals surface area contributed by atoms with Gasteiger partial charge in [-0.2, -0.15) is 0 Å². The average Bonchev–Trinajstić information content (AvgIpc) is 2.81. The Kier molecular flexibility index (Phi) is 5.87. The zero-order valence-corrected chi connectivity index (χ0v) is 19.3. The predicted molar refractivity (Wildman–Crippen MR) is 128 cm³/mol. The third-order valence-electron chi connectivity index (χ3n) is 6.02. The van der Waals surface area contributed by atoms with Gasteiger partial charge in [0.05, 0.1) is 10.6 Å². The minimum Gasteiger partial charge on any atom is -0.476 e. The summed E-state index contributed by atoms with van der Waals surface area (Å²) in [6.45, 7) is 2.73. The normalized spacial score (nSPS) is 13.7. The van der Waals surface area contributed by atoms with E-state index in [0.29, 0.717) is 51.0 Å². The Labute approximate surface area is 200 Å². The van der Waals surface area contributed by atoms with Crippen molar-refractivity contribution in [1.29, 1.82) is 0 Å². The van der Waals surface area contributed by atoms with Crippen LogP contribution in [-0.2, 0) is 19.5 Å². The molecule has 0 bridgehead atoms. The van der Waals surface area contributed by atoms with Crippen molar-refractivity contribution in [2.24, 2.45) is 0 Å². The van der Waals surface area contributed by atoms with Crippen molar-refractivity contribution in [2.75, 3.05) is 6.73 Å². The maximum atomic E-state index is 14.3. The van der Waals surface area contributed by atoms with E-state index in [1.807, 2.05) is 42.2 Å². The second kappa shape index (κ2) is 8.82. The molecular formula is C26H20Cl2FNO3. The molecule has 0 aliphatic carbocycles. The van der Waals surface area contributed by atoms with Gasteiger partial charge in [-0.15, -0.1) is 0 Å². The van der Waals surface area contributed by atoms with Gasteiger partial charge in [0.2, 0.25) is 0 Å². The van der Waals surface area contributed by atoms with Gasteiger partial charge in [-0.05, 0) is 36.2 Å². The highest BCUT2D eigenvalue weighted by atomic mass is 35.5. The number of halogens is 3. The minimum absolute atomic E-state index is 0.207. The van der Waals surface area contributed by atoms with Crippen LogP contribution in [0.2, 0.25) is 10.0 Å². The Bertz CT molecular complexity index is 1400. The summed E-state index contributed by atoms with van der Waals surface area (Å²) >= 11 is 12.8. The molecule has 1 aromatic heterocycles. The number of ether oxygens (including phenoxy) is 1. The lowest BCUT2D eigenvalue weighted by atomic mass is 9.97. The van der Waals surface area contributed by atoms with Gasteiger partial charge < -0.3 is 9.15 Å². The van der Waals surface area contributed by atoms with Gasteiger partial charge in [-0.25, -0.2) is 9.18 Å². The molecule has 33 heavy (non-hydrogen) atoms. The number of fused-ring (bicyclic) bond motifs is 3. The third-order valence-corrected chi connectivity index (χ3v) is 6.65. The van der Waals surface area contributed by atoms with E-state index in [-0.39, 0.29) is 24.7 Å². The van der Waals surface area contributed by atoms with E-state index in [1.54, 1.807) is 18.2 Å². The highest BCUT2D eigenvalue weighted by Gasteiger charge is 2.27. The molecule has 0 unspecified atom stereocenters. The zero-order chi connectivity index (χ0) is 23.1. The predicted octanol–water partition coefficient (Wildman–Crippen LogP) is 6.49. The highest BCUT2D eigenvalue weighted by Crippen LogP contribution is 2.40. The second-order valence-electron chi connectivity index (χ2n) is 8.16. The summed E-state index contributed by atoms with van der Waals surface area (Å²) in [6, 6.07) is 16.1. The van der Waals surface area contributed by atoms with Crippen LogP contribution >= 0.6 is 23.2 Å². The summed E-state index contributed by atoms with van der Waals surface area (Å²) in [7, 11) is 0. The molecule has 2 heterocycles. The number of nitrogens with zero attached hydrogens (tertiary/aromatic N) is 1. The van der Waals surface area contributed by atoms with Crippen LogP contribution in [0.3, 0.4) is 0 Å². The Balaban J connectivity index is 1.56. The molecule has 1 aliphatic heterocycles. The smallest absolute Gasteiger partial charge is 0.340 e. The van der Waals surface area contributed by atoms with Crippen molar-refractivity contribution < 1.29 is 13.5 Å². The molecule has 0 radical (unpaired) electrons. The van der Waals surface area contributed by atoms with Crippen LogP contribution in [0.1, 0.15) is 27.8 Å². The van der Waals surface area contributed by atoms with Gasteiger partial charge in [-0.1, -0.05) is 59.6 Å². The highest BCUT2D eigenvalue weighted by molar-refractivity contribution is 6.33. The van der Waals surface area contributed by atoms with Crippen molar-refractivity contribution in [2.45, 2.75) is 26.4 Å². The fourth-order valence-corrected chi connectivity index (χ4v) is 4.77. The lowest BCUT2D eigenvalue weighted by Gasteiger charge is -2.30. The van der Waals surface area contributed by atoms with E-state index in [0.717, 1.165) is 16.5 Å². The maximum Gasteiger partial charge on any atom is 0.340 e. The summed E-state index contributed by atoms with van der Waals surface area (Å²) < 4.78 is 26.0. The van der Waals surface area contributed by atoms with Crippen LogP contribution < -0.4 is 10.4 Å². The topological polar surface area (TPSA) is 42.7 Å². The lowest BCUT2D eigenvalue weighted by Crippen LogP contribution is -2.32. The van der Waals surface area contributed by atoms with Crippen molar-refractivity contribution in [3.63, 3.8) is 0 Å². The molecule has 0 atom stereocenters. The van der Waals surface area contributed by atoms with Gasteiger partial charge >= 0.3 is 5.63 Å². The van der Waals surface area contributed by atoms with Crippen molar-refractivity contribution in [3.8, 4) is 5.75 Å². The first-order valence-electron chi connectivity index (χ1n) is 10.5. The summed E-state index contributed by atoms with van der Waals surface area (Å²) in [5.74, 6) is 0.107. The van der Waals surface area contributed by atoms with Gasteiger partial charge in [0.1, 0.15) is 23.9 Å². The van der Waals surface area contributed by atoms with Gasteiger partial charge in [0, 0.05) is 41.0 Å². The van der Waals surface area contributed by atoms with E-state index in [9.17, 15) is 9.18 Å². The molecule has 0 amide bonds. The summed E-state index contributed by atoms with van der Waals surface area (Å²) in [6.07, 6.45) is 0.466. The van der Waals surface area contributed by atoms with E-state index in [1.165, 1.54) is 6.07 Å². The van der Waals surface area contributed by atoms with Crippen LogP contribution in [-0.4, -0.2) is 11.6 Å². The molecule has 0 N–H and O–H groups in total. The van der Waals surface area contributed by atoms with Crippen molar-refractivity contribution in [3.05, 3.63) is 109 Å². The first-order chi connectivity index (χ1) is 15.9. The molecule has 0 fully saturated rings. The number of aryl methyl sites for hydroxylation is 1. The van der Waals surface area contributed by atoms with Gasteiger partial charge in [-0.3, -0.25) is 4.90 Å². The van der Waals surface area contributed by atoms with Crippen LogP contribution in [0, 0.1) is 12.7 Å². The SMILES string of the molecule is Cc1c(Cc2ccccc2)c(=O)oc2c3c(c(Cl)cc12)OCN(Cc1c(F)cccc1Cl)C3. The minimum atomic E-state index is -0.386. The molecule has 3 aromatic carbocycles. The van der Waals surface area contributed by atoms with Gasteiger partial charge in [0.25, 0.3) is 0 Å². The number of hydrogen-bond donors (Lipinski definition) is 0. The largest absolute Gasteiger partial charge is 0.476 e. The van der Waals surface area contributed by atoms with Crippen molar-refractivity contribution >= 4 is 34.2 Å². The molecule has 0 saturated carbocycles. The van der Waals surface area contributed by atoms with E-state index >= 15 is 0 Å². The molecule has 7 heteroatoms. The molecule has 5 rings (SSSR count). The number of benzene rings is 3. The van der Waals surface area contributed by atoms with Crippen LogP contribution in [0.15, 0.2) is 63.8 Å². The molecule has 4 aromatic rings. The standard InChI is InChI=1S/C26H20Cl2FNO3/c1-15-17-11-22(28)25-20(13-30(14-32-25)12-19-21(27)8-5-9-23(19)29)24(17)33-26(31)18(15)10-16-6-3-2-4-7-16/h2-9,11H,10,12-14H2,1H3. The first kappa shape index (κ1) is 22.0. The second-order valence-corrected chi connectivity index (χ2v) is 8.97. The molecule has 4 nitrogen and oxygen atoms in total. The Hall–Kier alpha value is -2.86. The number of hydrogen-bond acceptors (Lipinski definition) is 4. The van der Waals surface area contributed by atoms with Gasteiger partial charge in [0.15, 0.2) is 0 Å².